The number of hydrogen-bond donors (Lipinski definition) is 2. The van der Waals surface area contributed by atoms with E-state index in [0.717, 1.165) is 16.9 Å². The monoisotopic (exact) mass is 434 g/mol. The van der Waals surface area contributed by atoms with E-state index >= 15 is 0 Å². The molecule has 7 nitrogen and oxygen atoms in total. The summed E-state index contributed by atoms with van der Waals surface area (Å²) in [6.07, 6.45) is 3.90. The fraction of sp³-hybridized carbons (Fsp3) is 0.0870. The first-order valence-corrected chi connectivity index (χ1v) is 9.90. The molecule has 0 bridgehead atoms. The van der Waals surface area contributed by atoms with Crippen LogP contribution in [0.25, 0.3) is 5.65 Å². The molecule has 8 heteroatoms. The fourth-order valence-electron chi connectivity index (χ4n) is 3.01. The fourth-order valence-corrected chi connectivity index (χ4v) is 3.23. The number of fused-ring (bicyclic) bond motifs is 1. The molecule has 4 aromatic rings. The number of nitrogens with zero attached hydrogens (tertiary/aromatic N) is 2. The average Bonchev–Trinajstić information content (AvgIpc) is 3.18. The molecule has 31 heavy (non-hydrogen) atoms. The van der Waals surface area contributed by atoms with Crippen molar-refractivity contribution in [2.75, 3.05) is 0 Å². The first-order chi connectivity index (χ1) is 15.0. The van der Waals surface area contributed by atoms with Crippen LogP contribution in [0.5, 0.6) is 5.75 Å². The second-order valence-corrected chi connectivity index (χ2v) is 7.32. The quantitative estimate of drug-likeness (QED) is 0.466. The number of carbonyl (C=O) groups excluding carboxylic acids is 2. The molecule has 2 heterocycles. The first-order valence-electron chi connectivity index (χ1n) is 9.52. The van der Waals surface area contributed by atoms with Gasteiger partial charge in [-0.25, -0.2) is 4.98 Å². The predicted molar refractivity (Wildman–Crippen MR) is 117 cm³/mol. The molecule has 0 radical (unpaired) electrons. The van der Waals surface area contributed by atoms with E-state index in [9.17, 15) is 9.59 Å². The van der Waals surface area contributed by atoms with Gasteiger partial charge in [-0.1, -0.05) is 35.9 Å². The van der Waals surface area contributed by atoms with Gasteiger partial charge in [-0.05, 0) is 48.9 Å². The van der Waals surface area contributed by atoms with E-state index in [-0.39, 0.29) is 12.2 Å². The van der Waals surface area contributed by atoms with Crippen molar-refractivity contribution in [1.29, 1.82) is 0 Å². The molecule has 156 valence electrons. The van der Waals surface area contributed by atoms with Crippen LogP contribution in [-0.4, -0.2) is 21.2 Å². The number of pyridine rings is 1. The molecule has 0 saturated carbocycles. The Morgan fingerprint density at radius 2 is 1.81 bits per heavy atom. The highest BCUT2D eigenvalue weighted by atomic mass is 35.5. The van der Waals surface area contributed by atoms with E-state index in [1.54, 1.807) is 48.5 Å². The van der Waals surface area contributed by atoms with Crippen molar-refractivity contribution >= 4 is 29.1 Å². The van der Waals surface area contributed by atoms with E-state index in [1.165, 1.54) is 0 Å². The number of benzene rings is 2. The maximum atomic E-state index is 12.4. The molecule has 2 aromatic heterocycles. The van der Waals surface area contributed by atoms with Crippen LogP contribution in [0.3, 0.4) is 0 Å². The summed E-state index contributed by atoms with van der Waals surface area (Å²) in [6.45, 7) is 2.28. The predicted octanol–water partition coefficient (Wildman–Crippen LogP) is 3.95. The molecule has 0 aliphatic rings. The van der Waals surface area contributed by atoms with Crippen LogP contribution >= 0.6 is 11.6 Å². The third-order valence-electron chi connectivity index (χ3n) is 4.54. The Labute approximate surface area is 183 Å². The molecule has 0 unspecified atom stereocenters. The number of carbonyl (C=O) groups is 2. The standard InChI is InChI=1S/C23H19ClN4O3/c1-15-9-10-21-25-17(13-28(21)12-15)14-31-18-6-4-5-16(11-18)22(29)26-27-23(30)19-7-2-3-8-20(19)24/h2-13H,14H2,1H3,(H,26,29)(H,27,30). The molecule has 0 fully saturated rings. The molecule has 0 aliphatic heterocycles. The second-order valence-electron chi connectivity index (χ2n) is 6.91. The summed E-state index contributed by atoms with van der Waals surface area (Å²) in [5.41, 5.74) is 8.09. The van der Waals surface area contributed by atoms with Gasteiger partial charge in [-0.15, -0.1) is 0 Å². The number of hydrazine groups is 1. The topological polar surface area (TPSA) is 84.7 Å². The summed E-state index contributed by atoms with van der Waals surface area (Å²) >= 11 is 5.99. The van der Waals surface area contributed by atoms with Gasteiger partial charge in [-0.3, -0.25) is 20.4 Å². The van der Waals surface area contributed by atoms with Crippen LogP contribution in [0, 0.1) is 6.92 Å². The van der Waals surface area contributed by atoms with Gasteiger partial charge in [0.05, 0.1) is 16.3 Å². The third kappa shape index (κ3) is 4.84. The van der Waals surface area contributed by atoms with Crippen molar-refractivity contribution in [2.24, 2.45) is 0 Å². The summed E-state index contributed by atoms with van der Waals surface area (Å²) in [4.78, 5) is 29.1. The van der Waals surface area contributed by atoms with Gasteiger partial charge in [0.2, 0.25) is 0 Å². The van der Waals surface area contributed by atoms with Gasteiger partial charge in [0.25, 0.3) is 11.8 Å². The van der Waals surface area contributed by atoms with Gasteiger partial charge in [0.1, 0.15) is 18.0 Å². The normalized spacial score (nSPS) is 10.6. The van der Waals surface area contributed by atoms with Gasteiger partial charge in [-0.2, -0.15) is 0 Å². The number of halogens is 1. The Morgan fingerprint density at radius 3 is 2.65 bits per heavy atom. The van der Waals surface area contributed by atoms with E-state index < -0.39 is 11.8 Å². The zero-order valence-corrected chi connectivity index (χ0v) is 17.4. The van der Waals surface area contributed by atoms with Crippen LogP contribution in [0.2, 0.25) is 5.02 Å². The summed E-state index contributed by atoms with van der Waals surface area (Å²) in [7, 11) is 0. The Balaban J connectivity index is 1.37. The number of nitrogens with one attached hydrogen (secondary N) is 2. The van der Waals surface area contributed by atoms with Gasteiger partial charge in [0.15, 0.2) is 0 Å². The molecule has 4 rings (SSSR count). The lowest BCUT2D eigenvalue weighted by Crippen LogP contribution is -2.41. The summed E-state index contributed by atoms with van der Waals surface area (Å²) in [6, 6.07) is 17.2. The minimum Gasteiger partial charge on any atom is -0.487 e. The van der Waals surface area contributed by atoms with E-state index in [1.807, 2.05) is 35.9 Å². The number of rotatable bonds is 5. The van der Waals surface area contributed by atoms with Crippen LogP contribution < -0.4 is 15.6 Å². The minimum absolute atomic E-state index is 0.259. The molecular weight excluding hydrogens is 416 g/mol. The molecule has 0 spiro atoms. The molecule has 0 aliphatic carbocycles. The molecule has 2 amide bonds. The van der Waals surface area contributed by atoms with Crippen molar-refractivity contribution in [3.8, 4) is 5.75 Å². The zero-order chi connectivity index (χ0) is 21.8. The van der Waals surface area contributed by atoms with Gasteiger partial charge < -0.3 is 9.14 Å². The highest BCUT2D eigenvalue weighted by molar-refractivity contribution is 6.33. The lowest BCUT2D eigenvalue weighted by molar-refractivity contribution is 0.0846. The van der Waals surface area contributed by atoms with E-state index in [0.29, 0.717) is 16.3 Å². The second kappa shape index (κ2) is 8.89. The number of ether oxygens (including phenoxy) is 1. The van der Waals surface area contributed by atoms with Crippen LogP contribution in [0.4, 0.5) is 0 Å². The highest BCUT2D eigenvalue weighted by Crippen LogP contribution is 2.16. The Morgan fingerprint density at radius 1 is 1.00 bits per heavy atom. The lowest BCUT2D eigenvalue weighted by Gasteiger charge is -2.10. The summed E-state index contributed by atoms with van der Waals surface area (Å²) in [5, 5.41) is 0.298. The minimum atomic E-state index is -0.506. The number of imidazole rings is 1. The number of aromatic nitrogens is 2. The van der Waals surface area contributed by atoms with Crippen molar-refractivity contribution < 1.29 is 14.3 Å². The van der Waals surface area contributed by atoms with Crippen molar-refractivity contribution in [2.45, 2.75) is 13.5 Å². The van der Waals surface area contributed by atoms with E-state index in [2.05, 4.69) is 15.8 Å². The summed E-state index contributed by atoms with van der Waals surface area (Å²) in [5.74, 6) is -0.471. The Bertz CT molecular complexity index is 1270. The van der Waals surface area contributed by atoms with Crippen molar-refractivity contribution in [3.63, 3.8) is 0 Å². The number of hydrogen-bond acceptors (Lipinski definition) is 4. The molecule has 0 atom stereocenters. The van der Waals surface area contributed by atoms with Crippen molar-refractivity contribution in [1.82, 2.24) is 20.2 Å². The number of aryl methyl sites for hydroxylation is 1. The van der Waals surface area contributed by atoms with Crippen LogP contribution in [0.15, 0.2) is 73.1 Å². The third-order valence-corrected chi connectivity index (χ3v) is 4.87. The zero-order valence-electron chi connectivity index (χ0n) is 16.6. The van der Waals surface area contributed by atoms with Crippen LogP contribution in [-0.2, 0) is 6.61 Å². The maximum absolute atomic E-state index is 12.4. The smallest absolute Gasteiger partial charge is 0.271 e. The lowest BCUT2D eigenvalue weighted by atomic mass is 10.2. The first kappa shape index (κ1) is 20.4. The van der Waals surface area contributed by atoms with Gasteiger partial charge >= 0.3 is 0 Å². The molecule has 2 aromatic carbocycles. The maximum Gasteiger partial charge on any atom is 0.271 e. The molecule has 0 saturated heterocycles. The van der Waals surface area contributed by atoms with E-state index in [4.69, 9.17) is 16.3 Å². The molecule has 2 N–H and O–H groups in total. The SMILES string of the molecule is Cc1ccc2nc(COc3cccc(C(=O)NNC(=O)c4ccccc4Cl)c3)cn2c1. The Hall–Kier alpha value is -3.84. The van der Waals surface area contributed by atoms with Gasteiger partial charge in [0, 0.05) is 18.0 Å². The molecular formula is C23H19ClN4O3. The largest absolute Gasteiger partial charge is 0.487 e. The highest BCUT2D eigenvalue weighted by Gasteiger charge is 2.12. The summed E-state index contributed by atoms with van der Waals surface area (Å²) < 4.78 is 7.74. The Kier molecular flexibility index (Phi) is 5.86. The van der Waals surface area contributed by atoms with Crippen molar-refractivity contribution in [3.05, 3.63) is 100 Å². The average molecular weight is 435 g/mol. The van der Waals surface area contributed by atoms with Crippen LogP contribution in [0.1, 0.15) is 32.0 Å². The number of amides is 2.